The lowest BCUT2D eigenvalue weighted by Crippen LogP contribution is -2.48. The number of aryl methyl sites for hydroxylation is 1. The third-order valence-corrected chi connectivity index (χ3v) is 5.43. The van der Waals surface area contributed by atoms with Crippen molar-refractivity contribution in [3.63, 3.8) is 0 Å². The summed E-state index contributed by atoms with van der Waals surface area (Å²) in [6.07, 6.45) is 0. The van der Waals surface area contributed by atoms with Crippen molar-refractivity contribution in [2.45, 2.75) is 25.5 Å². The van der Waals surface area contributed by atoms with Crippen LogP contribution in [-0.2, 0) is 16.6 Å². The van der Waals surface area contributed by atoms with Gasteiger partial charge >= 0.3 is 0 Å². The lowest BCUT2D eigenvalue weighted by atomic mass is 10.3. The summed E-state index contributed by atoms with van der Waals surface area (Å²) in [5, 5.41) is 15.7. The molecule has 0 bridgehead atoms. The van der Waals surface area contributed by atoms with Crippen molar-refractivity contribution in [2.75, 3.05) is 32.7 Å². The Morgan fingerprint density at radius 1 is 1.32 bits per heavy atom. The van der Waals surface area contributed by atoms with Gasteiger partial charge in [-0.25, -0.2) is 8.42 Å². The summed E-state index contributed by atoms with van der Waals surface area (Å²) in [4.78, 5) is 2.20. The summed E-state index contributed by atoms with van der Waals surface area (Å²) in [5.74, 6) is 0. The van der Waals surface area contributed by atoms with Gasteiger partial charge in [0.25, 0.3) is 10.0 Å². The molecule has 2 rings (SSSR count). The number of aromatic amines is 1. The molecule has 0 aliphatic carbocycles. The first-order valence-electron chi connectivity index (χ1n) is 6.38. The van der Waals surface area contributed by atoms with Gasteiger partial charge in [-0.3, -0.25) is 5.10 Å². The minimum Gasteiger partial charge on any atom is -0.392 e. The van der Waals surface area contributed by atoms with Crippen LogP contribution in [0.4, 0.5) is 0 Å². The second-order valence-corrected chi connectivity index (χ2v) is 6.48. The Labute approximate surface area is 113 Å². The number of nitrogens with zero attached hydrogens (tertiary/aromatic N) is 3. The van der Waals surface area contributed by atoms with Gasteiger partial charge in [0.05, 0.1) is 6.61 Å². The van der Waals surface area contributed by atoms with Crippen LogP contribution in [0.5, 0.6) is 0 Å². The Morgan fingerprint density at radius 2 is 1.95 bits per heavy atom. The first-order chi connectivity index (χ1) is 9.00. The molecule has 2 heterocycles. The zero-order valence-electron chi connectivity index (χ0n) is 11.3. The fourth-order valence-electron chi connectivity index (χ4n) is 2.24. The third kappa shape index (κ3) is 2.66. The normalized spacial score (nSPS) is 18.9. The standard InChI is InChI=1S/C11H20N4O3S/c1-3-14-4-6-15(7-5-14)19(17,18)11-10(8-16)9(2)12-13-11/h16H,3-8H2,1-2H3,(H,12,13). The smallest absolute Gasteiger partial charge is 0.262 e. The predicted octanol–water partition coefficient (Wildman–Crippen LogP) is -0.463. The van der Waals surface area contributed by atoms with E-state index in [1.54, 1.807) is 6.92 Å². The molecule has 0 saturated carbocycles. The van der Waals surface area contributed by atoms with Gasteiger partial charge in [0.1, 0.15) is 0 Å². The van der Waals surface area contributed by atoms with Gasteiger partial charge in [-0.1, -0.05) is 6.92 Å². The molecule has 0 atom stereocenters. The summed E-state index contributed by atoms with van der Waals surface area (Å²) in [6.45, 7) is 6.75. The first kappa shape index (κ1) is 14.4. The molecule has 19 heavy (non-hydrogen) atoms. The van der Waals surface area contributed by atoms with Crippen molar-refractivity contribution in [3.05, 3.63) is 11.3 Å². The first-order valence-corrected chi connectivity index (χ1v) is 7.82. The number of likely N-dealkylation sites (N-methyl/N-ethyl adjacent to an activating group) is 1. The van der Waals surface area contributed by atoms with Gasteiger partial charge in [-0.2, -0.15) is 9.40 Å². The van der Waals surface area contributed by atoms with E-state index in [2.05, 4.69) is 22.0 Å². The number of hydrogen-bond donors (Lipinski definition) is 2. The van der Waals surface area contributed by atoms with E-state index in [1.165, 1.54) is 4.31 Å². The fourth-order valence-corrected chi connectivity index (χ4v) is 3.82. The van der Waals surface area contributed by atoms with E-state index in [0.717, 1.165) is 19.6 Å². The zero-order chi connectivity index (χ0) is 14.0. The van der Waals surface area contributed by atoms with Crippen molar-refractivity contribution in [1.82, 2.24) is 19.4 Å². The number of piperazine rings is 1. The average molecular weight is 288 g/mol. The maximum Gasteiger partial charge on any atom is 0.262 e. The Hall–Kier alpha value is -0.960. The Bertz CT molecular complexity index is 532. The number of nitrogens with one attached hydrogen (secondary N) is 1. The molecule has 0 radical (unpaired) electrons. The van der Waals surface area contributed by atoms with Crippen LogP contribution in [0.25, 0.3) is 0 Å². The molecule has 0 aromatic carbocycles. The predicted molar refractivity (Wildman–Crippen MR) is 70.1 cm³/mol. The molecule has 0 unspecified atom stereocenters. The van der Waals surface area contributed by atoms with Crippen LogP contribution in [0.3, 0.4) is 0 Å². The van der Waals surface area contributed by atoms with Crippen molar-refractivity contribution in [3.8, 4) is 0 Å². The Kier molecular flexibility index (Phi) is 4.24. The van der Waals surface area contributed by atoms with Crippen LogP contribution in [0, 0.1) is 6.92 Å². The van der Waals surface area contributed by atoms with Crippen LogP contribution < -0.4 is 0 Å². The minimum atomic E-state index is -3.61. The van der Waals surface area contributed by atoms with Gasteiger partial charge in [0.15, 0.2) is 5.03 Å². The van der Waals surface area contributed by atoms with Gasteiger partial charge < -0.3 is 10.0 Å². The topological polar surface area (TPSA) is 89.5 Å². The molecule has 7 nitrogen and oxygen atoms in total. The van der Waals surface area contributed by atoms with Crippen LogP contribution in [0.15, 0.2) is 5.03 Å². The highest BCUT2D eigenvalue weighted by atomic mass is 32.2. The van der Waals surface area contributed by atoms with Gasteiger partial charge in [0, 0.05) is 37.4 Å². The van der Waals surface area contributed by atoms with Crippen LogP contribution in [0.2, 0.25) is 0 Å². The molecule has 8 heteroatoms. The number of rotatable bonds is 4. The maximum atomic E-state index is 12.5. The molecule has 0 spiro atoms. The Morgan fingerprint density at radius 3 is 2.47 bits per heavy atom. The van der Waals surface area contributed by atoms with Gasteiger partial charge in [0.2, 0.25) is 0 Å². The van der Waals surface area contributed by atoms with Crippen molar-refractivity contribution >= 4 is 10.0 Å². The highest BCUT2D eigenvalue weighted by molar-refractivity contribution is 7.89. The number of hydrogen-bond acceptors (Lipinski definition) is 5. The molecular weight excluding hydrogens is 268 g/mol. The molecule has 1 aliphatic heterocycles. The SMILES string of the molecule is CCN1CCN(S(=O)(=O)c2n[nH]c(C)c2CO)CC1. The average Bonchev–Trinajstić information content (AvgIpc) is 2.80. The molecule has 1 aliphatic rings. The van der Waals surface area contributed by atoms with Gasteiger partial charge in [-0.15, -0.1) is 0 Å². The molecule has 1 fully saturated rings. The number of aliphatic hydroxyl groups is 1. The van der Waals surface area contributed by atoms with E-state index in [-0.39, 0.29) is 11.6 Å². The van der Waals surface area contributed by atoms with E-state index in [9.17, 15) is 13.5 Å². The number of aliphatic hydroxyl groups excluding tert-OH is 1. The summed E-state index contributed by atoms with van der Waals surface area (Å²) >= 11 is 0. The van der Waals surface area contributed by atoms with Crippen LogP contribution >= 0.6 is 0 Å². The Balaban J connectivity index is 2.23. The van der Waals surface area contributed by atoms with E-state index in [1.807, 2.05) is 0 Å². The zero-order valence-corrected chi connectivity index (χ0v) is 12.1. The molecule has 2 N–H and O–H groups in total. The highest BCUT2D eigenvalue weighted by Gasteiger charge is 2.32. The van der Waals surface area contributed by atoms with Gasteiger partial charge in [-0.05, 0) is 13.5 Å². The lowest BCUT2D eigenvalue weighted by Gasteiger charge is -2.32. The summed E-state index contributed by atoms with van der Waals surface area (Å²) in [6, 6.07) is 0. The molecule has 1 aromatic rings. The maximum absolute atomic E-state index is 12.5. The summed E-state index contributed by atoms with van der Waals surface area (Å²) in [5.41, 5.74) is 0.950. The number of sulfonamides is 1. The molecular formula is C11H20N4O3S. The number of H-pyrrole nitrogens is 1. The second kappa shape index (κ2) is 5.58. The quantitative estimate of drug-likeness (QED) is 0.782. The monoisotopic (exact) mass is 288 g/mol. The minimum absolute atomic E-state index is 0.0440. The largest absolute Gasteiger partial charge is 0.392 e. The molecule has 0 amide bonds. The van der Waals surface area contributed by atoms with Crippen LogP contribution in [0.1, 0.15) is 18.2 Å². The lowest BCUT2D eigenvalue weighted by molar-refractivity contribution is 0.195. The fraction of sp³-hybridized carbons (Fsp3) is 0.727. The highest BCUT2D eigenvalue weighted by Crippen LogP contribution is 2.21. The molecule has 1 aromatic heterocycles. The summed E-state index contributed by atoms with van der Waals surface area (Å²) in [7, 11) is -3.61. The number of aromatic nitrogens is 2. The van der Waals surface area contributed by atoms with Crippen molar-refractivity contribution in [1.29, 1.82) is 0 Å². The van der Waals surface area contributed by atoms with E-state index >= 15 is 0 Å². The van der Waals surface area contributed by atoms with Crippen molar-refractivity contribution < 1.29 is 13.5 Å². The van der Waals surface area contributed by atoms with E-state index < -0.39 is 10.0 Å². The van der Waals surface area contributed by atoms with Crippen molar-refractivity contribution in [2.24, 2.45) is 0 Å². The van der Waals surface area contributed by atoms with E-state index in [0.29, 0.717) is 24.3 Å². The van der Waals surface area contributed by atoms with E-state index in [4.69, 9.17) is 0 Å². The molecule has 108 valence electrons. The third-order valence-electron chi connectivity index (χ3n) is 3.56. The van der Waals surface area contributed by atoms with Crippen LogP contribution in [-0.4, -0.2) is 65.7 Å². The second-order valence-electron chi connectivity index (χ2n) is 4.63. The molecule has 1 saturated heterocycles. The summed E-state index contributed by atoms with van der Waals surface area (Å²) < 4.78 is 26.4.